The highest BCUT2D eigenvalue weighted by Gasteiger charge is 2.43. The van der Waals surface area contributed by atoms with Crippen LogP contribution in [0.3, 0.4) is 0 Å². The van der Waals surface area contributed by atoms with Gasteiger partial charge in [0, 0.05) is 5.54 Å². The fourth-order valence-electron chi connectivity index (χ4n) is 4.50. The Kier molecular flexibility index (Phi) is 11.2. The van der Waals surface area contributed by atoms with Gasteiger partial charge in [-0.25, -0.2) is 4.79 Å². The van der Waals surface area contributed by atoms with Crippen LogP contribution in [0.25, 0.3) is 0 Å². The molecule has 0 fully saturated rings. The van der Waals surface area contributed by atoms with E-state index in [0.717, 1.165) is 11.1 Å². The first-order valence-corrected chi connectivity index (χ1v) is 14.3. The van der Waals surface area contributed by atoms with Crippen molar-refractivity contribution in [2.45, 2.75) is 105 Å². The summed E-state index contributed by atoms with van der Waals surface area (Å²) >= 11 is 6.47. The Labute approximate surface area is 245 Å². The molecule has 0 aromatic heterocycles. The number of nitrogens with zero attached hydrogens (tertiary/aromatic N) is 1. The van der Waals surface area contributed by atoms with Crippen molar-refractivity contribution in [3.8, 4) is 0 Å². The van der Waals surface area contributed by atoms with E-state index in [0.29, 0.717) is 29.1 Å². The fraction of sp³-hybridized carbons (Fsp3) is 0.531. The Hall–Kier alpha value is -3.06. The molecule has 2 N–H and O–H groups in total. The van der Waals surface area contributed by atoms with Crippen LogP contribution in [0.5, 0.6) is 0 Å². The second-order valence-electron chi connectivity index (χ2n) is 12.4. The van der Waals surface area contributed by atoms with Crippen LogP contribution in [0, 0.1) is 19.8 Å². The number of hydrogen-bond acceptors (Lipinski definition) is 4. The fourth-order valence-corrected chi connectivity index (χ4v) is 4.76. The molecule has 0 spiro atoms. The summed E-state index contributed by atoms with van der Waals surface area (Å²) in [6.07, 6.45) is 0.268. The first-order chi connectivity index (χ1) is 18.5. The third-order valence-corrected chi connectivity index (χ3v) is 7.10. The van der Waals surface area contributed by atoms with Gasteiger partial charge in [0.25, 0.3) is 5.91 Å². The number of rotatable bonds is 10. The molecule has 40 heavy (non-hydrogen) atoms. The zero-order valence-electron chi connectivity index (χ0n) is 25.6. The van der Waals surface area contributed by atoms with Gasteiger partial charge < -0.3 is 20.3 Å². The van der Waals surface area contributed by atoms with Crippen molar-refractivity contribution in [3.05, 3.63) is 64.2 Å². The number of nitrogens with one attached hydrogen (secondary N) is 2. The van der Waals surface area contributed by atoms with Crippen molar-refractivity contribution in [2.24, 2.45) is 5.92 Å². The molecule has 0 radical (unpaired) electrons. The summed E-state index contributed by atoms with van der Waals surface area (Å²) < 4.78 is 5.49. The van der Waals surface area contributed by atoms with Crippen molar-refractivity contribution < 1.29 is 19.1 Å². The van der Waals surface area contributed by atoms with E-state index in [1.165, 1.54) is 0 Å². The Bertz CT molecular complexity index is 1180. The minimum absolute atomic E-state index is 0.0903. The second kappa shape index (κ2) is 13.5. The van der Waals surface area contributed by atoms with Gasteiger partial charge in [-0.2, -0.15) is 0 Å². The lowest BCUT2D eigenvalue weighted by molar-refractivity contribution is -0.148. The van der Waals surface area contributed by atoms with Gasteiger partial charge >= 0.3 is 6.09 Å². The second-order valence-corrected chi connectivity index (χ2v) is 12.8. The van der Waals surface area contributed by atoms with Crippen LogP contribution in [0.2, 0.25) is 5.02 Å². The summed E-state index contributed by atoms with van der Waals surface area (Å²) in [7, 11) is 0. The highest BCUT2D eigenvalue weighted by atomic mass is 35.5. The van der Waals surface area contributed by atoms with E-state index in [1.54, 1.807) is 31.7 Å². The average Bonchev–Trinajstić information content (AvgIpc) is 2.82. The van der Waals surface area contributed by atoms with Gasteiger partial charge in [-0.1, -0.05) is 74.3 Å². The molecule has 0 saturated carbocycles. The zero-order valence-corrected chi connectivity index (χ0v) is 26.4. The van der Waals surface area contributed by atoms with Crippen molar-refractivity contribution in [2.75, 3.05) is 5.32 Å². The van der Waals surface area contributed by atoms with Gasteiger partial charge in [0.05, 0.1) is 10.7 Å². The molecule has 2 rings (SSSR count). The molecule has 2 aromatic rings. The first-order valence-electron chi connectivity index (χ1n) is 13.9. The van der Waals surface area contributed by atoms with Crippen LogP contribution in [0.1, 0.15) is 91.0 Å². The number of hydrogen-bond donors (Lipinski definition) is 2. The summed E-state index contributed by atoms with van der Waals surface area (Å²) in [4.78, 5) is 43.2. The molecule has 2 atom stereocenters. The van der Waals surface area contributed by atoms with Gasteiger partial charge in [-0.3, -0.25) is 9.59 Å². The van der Waals surface area contributed by atoms with Crippen molar-refractivity contribution >= 4 is 35.2 Å². The molecule has 8 heteroatoms. The molecule has 220 valence electrons. The number of alkyl carbamates (subject to hydrolysis) is 1. The average molecular weight is 572 g/mol. The molecule has 0 heterocycles. The molecule has 7 nitrogen and oxygen atoms in total. The molecular weight excluding hydrogens is 526 g/mol. The maximum Gasteiger partial charge on any atom is 0.408 e. The Morgan fingerprint density at radius 1 is 1.00 bits per heavy atom. The predicted molar refractivity (Wildman–Crippen MR) is 163 cm³/mol. The Balaban J connectivity index is 2.68. The van der Waals surface area contributed by atoms with Gasteiger partial charge in [0.1, 0.15) is 17.7 Å². The van der Waals surface area contributed by atoms with Gasteiger partial charge in [-0.05, 0) is 84.4 Å². The zero-order chi connectivity index (χ0) is 30.4. The minimum atomic E-state index is -0.992. The van der Waals surface area contributed by atoms with Crippen molar-refractivity contribution in [1.82, 2.24) is 10.2 Å². The molecule has 2 aromatic carbocycles. The molecular formula is C32H46ClN3O4. The van der Waals surface area contributed by atoms with Gasteiger partial charge in [-0.15, -0.1) is 0 Å². The van der Waals surface area contributed by atoms with E-state index in [9.17, 15) is 14.4 Å². The van der Waals surface area contributed by atoms with Gasteiger partial charge in [0.2, 0.25) is 5.91 Å². The molecule has 0 bridgehead atoms. The van der Waals surface area contributed by atoms with E-state index in [1.807, 2.05) is 84.9 Å². The predicted octanol–water partition coefficient (Wildman–Crippen LogP) is 7.59. The number of halogens is 1. The third-order valence-electron chi connectivity index (χ3n) is 6.79. The minimum Gasteiger partial charge on any atom is -0.444 e. The number of ether oxygens (including phenoxy) is 1. The highest BCUT2D eigenvalue weighted by Crippen LogP contribution is 2.35. The van der Waals surface area contributed by atoms with Crippen LogP contribution in [0.4, 0.5) is 10.5 Å². The molecule has 0 aliphatic carbocycles. The lowest BCUT2D eigenvalue weighted by Crippen LogP contribution is -2.59. The number of carbonyl (C=O) groups is 3. The van der Waals surface area contributed by atoms with Gasteiger partial charge in [0.15, 0.2) is 0 Å². The molecule has 0 aliphatic heterocycles. The normalized spacial score (nSPS) is 13.4. The summed E-state index contributed by atoms with van der Waals surface area (Å²) in [5.74, 6) is -0.659. The standard InChI is InChI=1S/C32H46ClN3O4/c1-11-32(9,10)36(29(38)25(18-20(2)3)34-30(39)40-31(6,7)8)27(23-16-12-14-21(4)19-23)28(37)35-26-22(5)15-13-17-24(26)33/h12-17,19-20,25,27H,11,18H2,1-10H3,(H,34,39)(H,35,37). The summed E-state index contributed by atoms with van der Waals surface area (Å²) in [5.41, 5.74) is 1.45. The number of carbonyl (C=O) groups excluding carboxylic acids is 3. The molecule has 3 amide bonds. The molecule has 0 aliphatic rings. The van der Waals surface area contributed by atoms with E-state index >= 15 is 0 Å². The number of amides is 3. The monoisotopic (exact) mass is 571 g/mol. The maximum atomic E-state index is 14.5. The summed E-state index contributed by atoms with van der Waals surface area (Å²) in [6.45, 7) is 18.9. The SMILES string of the molecule is CCC(C)(C)N(C(=O)C(CC(C)C)NC(=O)OC(C)(C)C)C(C(=O)Nc1c(C)cccc1Cl)c1cccc(C)c1. The smallest absolute Gasteiger partial charge is 0.408 e. The van der Waals surface area contributed by atoms with Crippen LogP contribution in [0.15, 0.2) is 42.5 Å². The quantitative estimate of drug-likeness (QED) is 0.307. The first kappa shape index (κ1) is 33.1. The maximum absolute atomic E-state index is 14.5. The van der Waals surface area contributed by atoms with E-state index in [2.05, 4.69) is 10.6 Å². The number of benzene rings is 2. The van der Waals surface area contributed by atoms with Crippen LogP contribution in [-0.2, 0) is 14.3 Å². The van der Waals surface area contributed by atoms with Crippen molar-refractivity contribution in [1.29, 1.82) is 0 Å². The van der Waals surface area contributed by atoms with Crippen LogP contribution in [-0.4, -0.2) is 40.0 Å². The lowest BCUT2D eigenvalue weighted by Gasteiger charge is -2.45. The van der Waals surface area contributed by atoms with Crippen LogP contribution >= 0.6 is 11.6 Å². The Morgan fingerprint density at radius 2 is 1.62 bits per heavy atom. The van der Waals surface area contributed by atoms with Crippen molar-refractivity contribution in [3.63, 3.8) is 0 Å². The van der Waals surface area contributed by atoms with E-state index in [-0.39, 0.29) is 11.8 Å². The highest BCUT2D eigenvalue weighted by molar-refractivity contribution is 6.34. The number of para-hydroxylation sites is 1. The summed E-state index contributed by atoms with van der Waals surface area (Å²) in [6, 6.07) is 11.1. The van der Waals surface area contributed by atoms with E-state index < -0.39 is 35.2 Å². The number of aryl methyl sites for hydroxylation is 2. The largest absolute Gasteiger partial charge is 0.444 e. The lowest BCUT2D eigenvalue weighted by atomic mass is 9.90. The van der Waals surface area contributed by atoms with E-state index in [4.69, 9.17) is 16.3 Å². The third kappa shape index (κ3) is 8.98. The molecule has 2 unspecified atom stereocenters. The summed E-state index contributed by atoms with van der Waals surface area (Å²) in [5, 5.41) is 6.21. The topological polar surface area (TPSA) is 87.7 Å². The molecule has 0 saturated heterocycles. The number of anilines is 1. The Morgan fingerprint density at radius 3 is 2.15 bits per heavy atom. The van der Waals surface area contributed by atoms with Crippen LogP contribution < -0.4 is 10.6 Å².